The third kappa shape index (κ3) is 2.93. The van der Waals surface area contributed by atoms with E-state index >= 15 is 0 Å². The molecule has 0 aliphatic heterocycles. The molecule has 4 nitrogen and oxygen atoms in total. The van der Waals surface area contributed by atoms with Gasteiger partial charge in [0.05, 0.1) is 5.69 Å². The zero-order chi connectivity index (χ0) is 13.2. The number of rotatable bonds is 5. The summed E-state index contributed by atoms with van der Waals surface area (Å²) < 4.78 is 14.3. The number of nitrogens with zero attached hydrogens (tertiary/aromatic N) is 1. The molecular weight excluding hydrogens is 301 g/mol. The largest absolute Gasteiger partial charge is 0.409 e. The second kappa shape index (κ2) is 5.14. The van der Waals surface area contributed by atoms with Crippen molar-refractivity contribution in [2.24, 2.45) is 16.3 Å². The summed E-state index contributed by atoms with van der Waals surface area (Å²) in [6, 6.07) is 4.85. The molecule has 0 saturated heterocycles. The first kappa shape index (κ1) is 13.1. The van der Waals surface area contributed by atoms with Gasteiger partial charge in [0.1, 0.15) is 11.7 Å². The van der Waals surface area contributed by atoms with E-state index in [-0.39, 0.29) is 17.1 Å². The quantitative estimate of drug-likeness (QED) is 0.338. The number of halogens is 2. The summed E-state index contributed by atoms with van der Waals surface area (Å²) >= 11 is 3.31. The molecule has 0 atom stereocenters. The normalized spacial score (nSPS) is 17.6. The molecule has 1 aromatic rings. The number of nitrogens with two attached hydrogens (primary N) is 1. The molecule has 4 N–H and O–H groups in total. The van der Waals surface area contributed by atoms with Crippen LogP contribution in [0.1, 0.15) is 19.3 Å². The molecule has 0 aromatic heterocycles. The van der Waals surface area contributed by atoms with Crippen LogP contribution in [0.25, 0.3) is 0 Å². The van der Waals surface area contributed by atoms with Crippen LogP contribution in [0.4, 0.5) is 10.1 Å². The van der Waals surface area contributed by atoms with Crippen molar-refractivity contribution in [1.82, 2.24) is 0 Å². The standard InChI is InChI=1S/C12H15BrFN3O/c13-8-2-1-3-9(14)11(8)16-7-12(4-5-12)6-10(15)17-18/h1-3,16,18H,4-7H2,(H2,15,17). The maximum Gasteiger partial charge on any atom is 0.147 e. The minimum atomic E-state index is -0.288. The van der Waals surface area contributed by atoms with Gasteiger partial charge in [0, 0.05) is 17.4 Å². The van der Waals surface area contributed by atoms with E-state index in [1.54, 1.807) is 12.1 Å². The summed E-state index contributed by atoms with van der Waals surface area (Å²) in [6.45, 7) is 0.614. The number of amidine groups is 1. The number of nitrogens with one attached hydrogen (secondary N) is 1. The lowest BCUT2D eigenvalue weighted by Crippen LogP contribution is -2.24. The van der Waals surface area contributed by atoms with Crippen molar-refractivity contribution in [3.05, 3.63) is 28.5 Å². The molecular formula is C12H15BrFN3O. The third-order valence-corrected chi connectivity index (χ3v) is 3.91. The molecule has 6 heteroatoms. The fourth-order valence-corrected chi connectivity index (χ4v) is 2.44. The summed E-state index contributed by atoms with van der Waals surface area (Å²) in [4.78, 5) is 0. The predicted octanol–water partition coefficient (Wildman–Crippen LogP) is 2.92. The molecule has 1 aromatic carbocycles. The van der Waals surface area contributed by atoms with Crippen molar-refractivity contribution in [1.29, 1.82) is 0 Å². The maximum absolute atomic E-state index is 13.6. The molecule has 18 heavy (non-hydrogen) atoms. The molecule has 0 bridgehead atoms. The highest BCUT2D eigenvalue weighted by molar-refractivity contribution is 9.10. The Hall–Kier alpha value is -1.30. The van der Waals surface area contributed by atoms with Crippen LogP contribution in [0.5, 0.6) is 0 Å². The van der Waals surface area contributed by atoms with E-state index in [9.17, 15) is 4.39 Å². The summed E-state index contributed by atoms with van der Waals surface area (Å²) in [7, 11) is 0. The highest BCUT2D eigenvalue weighted by Crippen LogP contribution is 2.49. The lowest BCUT2D eigenvalue weighted by atomic mass is 10.0. The predicted molar refractivity (Wildman–Crippen MR) is 72.3 cm³/mol. The molecule has 0 unspecified atom stereocenters. The fourth-order valence-electron chi connectivity index (χ4n) is 1.95. The number of hydrogen-bond acceptors (Lipinski definition) is 3. The Kier molecular flexibility index (Phi) is 3.75. The first-order valence-corrected chi connectivity index (χ1v) is 6.50. The molecule has 1 aliphatic carbocycles. The van der Waals surface area contributed by atoms with Gasteiger partial charge in [-0.2, -0.15) is 0 Å². The molecule has 1 aliphatic rings. The van der Waals surface area contributed by atoms with Gasteiger partial charge in [0.15, 0.2) is 0 Å². The summed E-state index contributed by atoms with van der Waals surface area (Å²) in [6.07, 6.45) is 2.53. The van der Waals surface area contributed by atoms with Crippen molar-refractivity contribution in [3.63, 3.8) is 0 Å². The van der Waals surface area contributed by atoms with Gasteiger partial charge < -0.3 is 16.3 Å². The second-order valence-electron chi connectivity index (χ2n) is 4.72. The van der Waals surface area contributed by atoms with Gasteiger partial charge in [0.2, 0.25) is 0 Å². The van der Waals surface area contributed by atoms with Gasteiger partial charge in [-0.15, -0.1) is 0 Å². The van der Waals surface area contributed by atoms with Gasteiger partial charge in [-0.1, -0.05) is 11.2 Å². The van der Waals surface area contributed by atoms with Crippen molar-refractivity contribution < 1.29 is 9.60 Å². The van der Waals surface area contributed by atoms with E-state index in [1.807, 2.05) is 0 Å². The summed E-state index contributed by atoms with van der Waals surface area (Å²) in [5.41, 5.74) is 5.98. The first-order valence-electron chi connectivity index (χ1n) is 5.71. The van der Waals surface area contributed by atoms with E-state index in [2.05, 4.69) is 26.4 Å². The monoisotopic (exact) mass is 315 g/mol. The average Bonchev–Trinajstić information content (AvgIpc) is 3.08. The van der Waals surface area contributed by atoms with Crippen LogP contribution in [0.3, 0.4) is 0 Å². The number of para-hydroxylation sites is 1. The van der Waals surface area contributed by atoms with Crippen LogP contribution in [0.2, 0.25) is 0 Å². The Bertz CT molecular complexity index is 454. The number of hydrogen-bond donors (Lipinski definition) is 3. The van der Waals surface area contributed by atoms with E-state index in [0.717, 1.165) is 12.8 Å². The average molecular weight is 316 g/mol. The Labute approximate surface area is 113 Å². The molecule has 98 valence electrons. The van der Waals surface area contributed by atoms with Gasteiger partial charge in [-0.25, -0.2) is 4.39 Å². The summed E-state index contributed by atoms with van der Waals surface area (Å²) in [5, 5.41) is 14.7. The Morgan fingerprint density at radius 1 is 1.56 bits per heavy atom. The molecule has 0 radical (unpaired) electrons. The zero-order valence-electron chi connectivity index (χ0n) is 9.79. The van der Waals surface area contributed by atoms with Crippen molar-refractivity contribution in [2.75, 3.05) is 11.9 Å². The molecule has 0 heterocycles. The van der Waals surface area contributed by atoms with Crippen molar-refractivity contribution in [2.45, 2.75) is 19.3 Å². The topological polar surface area (TPSA) is 70.6 Å². The molecule has 2 rings (SSSR count). The highest BCUT2D eigenvalue weighted by atomic mass is 79.9. The van der Waals surface area contributed by atoms with Gasteiger partial charge in [0.25, 0.3) is 0 Å². The number of benzene rings is 1. The molecule has 1 fully saturated rings. The summed E-state index contributed by atoms with van der Waals surface area (Å²) in [5.74, 6) is -0.0640. The van der Waals surface area contributed by atoms with Crippen LogP contribution in [0, 0.1) is 11.2 Å². The number of anilines is 1. The molecule has 1 saturated carbocycles. The van der Waals surface area contributed by atoms with Crippen LogP contribution in [-0.4, -0.2) is 17.6 Å². The number of oxime groups is 1. The third-order valence-electron chi connectivity index (χ3n) is 3.24. The van der Waals surface area contributed by atoms with E-state index < -0.39 is 0 Å². The minimum absolute atomic E-state index is 0.00195. The van der Waals surface area contributed by atoms with E-state index in [1.165, 1.54) is 6.07 Å². The Balaban J connectivity index is 2.00. The van der Waals surface area contributed by atoms with Crippen molar-refractivity contribution in [3.8, 4) is 0 Å². The van der Waals surface area contributed by atoms with Gasteiger partial charge in [-0.3, -0.25) is 0 Å². The molecule has 0 spiro atoms. The Morgan fingerprint density at radius 3 is 2.83 bits per heavy atom. The molecule has 0 amide bonds. The highest BCUT2D eigenvalue weighted by Gasteiger charge is 2.43. The van der Waals surface area contributed by atoms with Crippen LogP contribution in [0.15, 0.2) is 27.8 Å². The maximum atomic E-state index is 13.6. The van der Waals surface area contributed by atoms with Gasteiger partial charge in [-0.05, 0) is 46.3 Å². The van der Waals surface area contributed by atoms with Crippen LogP contribution in [-0.2, 0) is 0 Å². The Morgan fingerprint density at radius 2 is 2.28 bits per heavy atom. The first-order chi connectivity index (χ1) is 8.56. The lowest BCUT2D eigenvalue weighted by molar-refractivity contribution is 0.315. The smallest absolute Gasteiger partial charge is 0.147 e. The van der Waals surface area contributed by atoms with Crippen molar-refractivity contribution >= 4 is 27.5 Å². The lowest BCUT2D eigenvalue weighted by Gasteiger charge is -2.17. The minimum Gasteiger partial charge on any atom is -0.409 e. The van der Waals surface area contributed by atoms with Crippen LogP contribution >= 0.6 is 15.9 Å². The van der Waals surface area contributed by atoms with Gasteiger partial charge >= 0.3 is 0 Å². The zero-order valence-corrected chi connectivity index (χ0v) is 11.4. The van der Waals surface area contributed by atoms with Crippen LogP contribution < -0.4 is 11.1 Å². The van der Waals surface area contributed by atoms with E-state index in [4.69, 9.17) is 10.9 Å². The van der Waals surface area contributed by atoms with E-state index in [0.29, 0.717) is 23.1 Å². The SMILES string of the molecule is N/C(CC1(CNc2c(F)cccc2Br)CC1)=N/O. The fraction of sp³-hybridized carbons (Fsp3) is 0.417. The second-order valence-corrected chi connectivity index (χ2v) is 5.57.